The van der Waals surface area contributed by atoms with Gasteiger partial charge in [0.15, 0.2) is 11.5 Å². The third-order valence-electron chi connectivity index (χ3n) is 7.23. The third-order valence-corrected chi connectivity index (χ3v) is 7.52. The molecule has 1 unspecified atom stereocenters. The highest BCUT2D eigenvalue weighted by molar-refractivity contribution is 6.31. The smallest absolute Gasteiger partial charge is 0.424 e. The molecule has 9 nitrogen and oxygen atoms in total. The maximum Gasteiger partial charge on any atom is 0.424 e. The van der Waals surface area contributed by atoms with Crippen LogP contribution in [0.4, 0.5) is 22.4 Å². The van der Waals surface area contributed by atoms with Crippen LogP contribution in [0, 0.1) is 5.82 Å². The first-order chi connectivity index (χ1) is 22.0. The number of aromatic hydroxyl groups is 1. The number of ether oxygens (including phenoxy) is 2. The van der Waals surface area contributed by atoms with E-state index >= 15 is 0 Å². The molecule has 0 radical (unpaired) electrons. The van der Waals surface area contributed by atoms with E-state index in [1.165, 1.54) is 33.1 Å². The van der Waals surface area contributed by atoms with Gasteiger partial charge in [-0.25, -0.2) is 14.2 Å². The summed E-state index contributed by atoms with van der Waals surface area (Å²) in [5.74, 6) is -2.20. The van der Waals surface area contributed by atoms with E-state index in [0.717, 1.165) is 36.4 Å². The van der Waals surface area contributed by atoms with Crippen molar-refractivity contribution in [3.63, 3.8) is 0 Å². The normalized spacial score (nSPS) is 13.0. The molecule has 1 heterocycles. The fraction of sp³-hybridized carbons (Fsp3) is 0.242. The van der Waals surface area contributed by atoms with Crippen LogP contribution in [0.5, 0.6) is 11.5 Å². The lowest BCUT2D eigenvalue weighted by atomic mass is 9.88. The van der Waals surface area contributed by atoms with E-state index in [1.54, 1.807) is 30.3 Å². The van der Waals surface area contributed by atoms with Gasteiger partial charge in [-0.15, -0.1) is 0 Å². The minimum Gasteiger partial charge on any atom is -0.504 e. The van der Waals surface area contributed by atoms with Crippen molar-refractivity contribution < 1.29 is 46.8 Å². The van der Waals surface area contributed by atoms with E-state index in [2.05, 4.69) is 15.6 Å². The van der Waals surface area contributed by atoms with Crippen molar-refractivity contribution in [3.8, 4) is 22.8 Å². The Hall–Kier alpha value is -4.88. The number of rotatable bonds is 10. The number of aromatic nitrogens is 1. The number of alkyl carbamates (subject to hydrolysis) is 1. The van der Waals surface area contributed by atoms with Gasteiger partial charge in [-0.1, -0.05) is 41.9 Å². The summed E-state index contributed by atoms with van der Waals surface area (Å²) in [5.41, 5.74) is -5.57. The summed E-state index contributed by atoms with van der Waals surface area (Å²) in [6.45, 7) is 1.52. The highest BCUT2D eigenvalue weighted by Crippen LogP contribution is 2.40. The second-order valence-electron chi connectivity index (χ2n) is 11.0. The Balaban J connectivity index is 1.73. The van der Waals surface area contributed by atoms with Gasteiger partial charge in [-0.2, -0.15) is 13.2 Å². The predicted molar refractivity (Wildman–Crippen MR) is 164 cm³/mol. The highest BCUT2D eigenvalue weighted by Gasteiger charge is 2.56. The van der Waals surface area contributed by atoms with E-state index in [0.29, 0.717) is 5.56 Å². The molecule has 1 aromatic heterocycles. The zero-order chi connectivity index (χ0) is 34.6. The molecule has 0 aliphatic rings. The molecule has 0 fully saturated rings. The second kappa shape index (κ2) is 13.9. The summed E-state index contributed by atoms with van der Waals surface area (Å²) >= 11 is 5.95. The SMILES string of the molecule is COc1cc(C(=O)NCC(O)(c2cc(C(C)(C)NC(=O)OCc3ccccc3)cc(-c3ccc(F)c(Cl)c3)n2)C(F)(F)F)ccc1O. The number of carbonyl (C=O) groups is 2. The Kier molecular flexibility index (Phi) is 10.3. The Morgan fingerprint density at radius 3 is 2.32 bits per heavy atom. The van der Waals surface area contributed by atoms with Crippen molar-refractivity contribution >= 4 is 23.6 Å². The Labute approximate surface area is 272 Å². The predicted octanol–water partition coefficient (Wildman–Crippen LogP) is 6.60. The van der Waals surface area contributed by atoms with Gasteiger partial charge < -0.3 is 30.3 Å². The van der Waals surface area contributed by atoms with Gasteiger partial charge in [0.25, 0.3) is 5.91 Å². The van der Waals surface area contributed by atoms with Crippen LogP contribution in [0.1, 0.15) is 41.0 Å². The zero-order valence-corrected chi connectivity index (χ0v) is 26.0. The van der Waals surface area contributed by atoms with Crippen molar-refractivity contribution in [2.75, 3.05) is 13.7 Å². The summed E-state index contributed by atoms with van der Waals surface area (Å²) in [4.78, 5) is 29.7. The number of amides is 2. The molecule has 0 aliphatic carbocycles. The average Bonchev–Trinajstić information content (AvgIpc) is 3.03. The number of carbonyl (C=O) groups excluding carboxylic acids is 2. The number of halogens is 5. The molecule has 0 spiro atoms. The van der Waals surface area contributed by atoms with Crippen LogP contribution in [-0.2, 0) is 22.5 Å². The molecule has 4 N–H and O–H groups in total. The van der Waals surface area contributed by atoms with E-state index in [4.69, 9.17) is 21.1 Å². The minimum absolute atomic E-state index is 0.0480. The lowest BCUT2D eigenvalue weighted by molar-refractivity contribution is -0.265. The van der Waals surface area contributed by atoms with Gasteiger partial charge in [0.2, 0.25) is 5.60 Å². The first-order valence-electron chi connectivity index (χ1n) is 14.0. The number of hydrogen-bond donors (Lipinski definition) is 4. The number of aliphatic hydroxyl groups is 1. The summed E-state index contributed by atoms with van der Waals surface area (Å²) in [5, 5.41) is 25.4. The maximum atomic E-state index is 14.7. The number of hydrogen-bond acceptors (Lipinski definition) is 7. The Morgan fingerprint density at radius 2 is 1.68 bits per heavy atom. The molecule has 47 heavy (non-hydrogen) atoms. The number of phenolic OH excluding ortho intramolecular Hbond substituents is 1. The van der Waals surface area contributed by atoms with Crippen LogP contribution < -0.4 is 15.4 Å². The van der Waals surface area contributed by atoms with Crippen molar-refractivity contribution in [2.45, 2.75) is 37.8 Å². The maximum absolute atomic E-state index is 14.7. The lowest BCUT2D eigenvalue weighted by Gasteiger charge is -2.33. The van der Waals surface area contributed by atoms with E-state index in [1.807, 2.05) is 0 Å². The quantitative estimate of drug-likeness (QED) is 0.140. The number of phenols is 1. The third kappa shape index (κ3) is 8.10. The van der Waals surface area contributed by atoms with Crippen molar-refractivity contribution in [1.82, 2.24) is 15.6 Å². The number of pyridine rings is 1. The van der Waals surface area contributed by atoms with Crippen LogP contribution in [0.3, 0.4) is 0 Å². The minimum atomic E-state index is -5.39. The molecular formula is C33H30ClF4N3O6. The summed E-state index contributed by atoms with van der Waals surface area (Å²) in [6, 6.07) is 17.8. The van der Waals surface area contributed by atoms with Gasteiger partial charge in [0.05, 0.1) is 35.6 Å². The molecular weight excluding hydrogens is 646 g/mol. The van der Waals surface area contributed by atoms with E-state index in [-0.39, 0.29) is 45.5 Å². The molecule has 0 bridgehead atoms. The standard InChI is InChI=1S/C33H30ClF4N3O6/c1-31(2,41-30(44)47-17-19-7-5-4-6-8-19)22-15-25(20-9-11-24(35)23(34)13-20)40-28(16-22)32(45,33(36,37)38)18-39-29(43)21-10-12-26(42)27(14-21)46-3/h4-16,42,45H,17-18H2,1-3H3,(H,39,43)(H,41,44). The number of methoxy groups -OCH3 is 1. The molecule has 0 saturated carbocycles. The van der Waals surface area contributed by atoms with Crippen LogP contribution >= 0.6 is 11.6 Å². The number of nitrogens with one attached hydrogen (secondary N) is 2. The van der Waals surface area contributed by atoms with Crippen LogP contribution in [0.15, 0.2) is 78.9 Å². The first-order valence-corrected chi connectivity index (χ1v) is 14.3. The van der Waals surface area contributed by atoms with Crippen LogP contribution in [0.2, 0.25) is 5.02 Å². The molecule has 14 heteroatoms. The molecule has 0 aliphatic heterocycles. The number of alkyl halides is 3. The van der Waals surface area contributed by atoms with Crippen LogP contribution in [0.25, 0.3) is 11.3 Å². The van der Waals surface area contributed by atoms with Crippen molar-refractivity contribution in [2.24, 2.45) is 0 Å². The fourth-order valence-electron chi connectivity index (χ4n) is 4.46. The van der Waals surface area contributed by atoms with Gasteiger partial charge >= 0.3 is 12.3 Å². The monoisotopic (exact) mass is 675 g/mol. The van der Waals surface area contributed by atoms with Gasteiger partial charge in [0.1, 0.15) is 12.4 Å². The molecule has 3 aromatic carbocycles. The first kappa shape index (κ1) is 35.0. The average molecular weight is 676 g/mol. The number of benzene rings is 3. The van der Waals surface area contributed by atoms with E-state index < -0.39 is 47.4 Å². The summed E-state index contributed by atoms with van der Waals surface area (Å²) < 4.78 is 68.3. The Bertz CT molecular complexity index is 1770. The zero-order valence-electron chi connectivity index (χ0n) is 25.3. The molecule has 0 saturated heterocycles. The number of nitrogens with zero attached hydrogens (tertiary/aromatic N) is 1. The molecule has 2 amide bonds. The lowest BCUT2D eigenvalue weighted by Crippen LogP contribution is -2.52. The van der Waals surface area contributed by atoms with E-state index in [9.17, 15) is 37.4 Å². The molecule has 248 valence electrons. The van der Waals surface area contributed by atoms with Crippen molar-refractivity contribution in [1.29, 1.82) is 0 Å². The topological polar surface area (TPSA) is 130 Å². The van der Waals surface area contributed by atoms with Crippen molar-refractivity contribution in [3.05, 3.63) is 112 Å². The highest BCUT2D eigenvalue weighted by atomic mass is 35.5. The fourth-order valence-corrected chi connectivity index (χ4v) is 4.64. The van der Waals surface area contributed by atoms with Gasteiger partial charge in [0, 0.05) is 11.1 Å². The molecule has 1 atom stereocenters. The second-order valence-corrected chi connectivity index (χ2v) is 11.4. The summed E-state index contributed by atoms with van der Waals surface area (Å²) in [6.07, 6.45) is -6.27. The Morgan fingerprint density at radius 1 is 0.979 bits per heavy atom. The summed E-state index contributed by atoms with van der Waals surface area (Å²) in [7, 11) is 1.23. The van der Waals surface area contributed by atoms with Crippen LogP contribution in [-0.4, -0.2) is 47.0 Å². The largest absolute Gasteiger partial charge is 0.504 e. The van der Waals surface area contributed by atoms with Gasteiger partial charge in [-0.3, -0.25) is 4.79 Å². The molecule has 4 rings (SSSR count). The van der Waals surface area contributed by atoms with Gasteiger partial charge in [-0.05, 0) is 73.5 Å². The molecule has 4 aromatic rings.